The second-order valence-electron chi connectivity index (χ2n) is 7.47. The smallest absolute Gasteiger partial charge is 0.264 e. The molecule has 4 rings (SSSR count). The second kappa shape index (κ2) is 7.15. The Balaban J connectivity index is 1.65. The highest BCUT2D eigenvalue weighted by Gasteiger charge is 2.22. The van der Waals surface area contributed by atoms with Gasteiger partial charge >= 0.3 is 0 Å². The molecule has 2 aromatic heterocycles. The highest BCUT2D eigenvalue weighted by Crippen LogP contribution is 2.22. The lowest BCUT2D eigenvalue weighted by Crippen LogP contribution is -2.39. The summed E-state index contributed by atoms with van der Waals surface area (Å²) in [7, 11) is 1.69. The number of rotatable bonds is 5. The Morgan fingerprint density at radius 1 is 1.22 bits per heavy atom. The molecule has 27 heavy (non-hydrogen) atoms. The van der Waals surface area contributed by atoms with Crippen LogP contribution in [0.1, 0.15) is 25.2 Å². The maximum Gasteiger partial charge on any atom is 0.264 e. The molecular formula is C20H25N5O2. The third kappa shape index (κ3) is 3.35. The van der Waals surface area contributed by atoms with Gasteiger partial charge in [-0.1, -0.05) is 32.0 Å². The first kappa shape index (κ1) is 17.7. The van der Waals surface area contributed by atoms with E-state index in [1.807, 2.05) is 22.9 Å². The van der Waals surface area contributed by atoms with Gasteiger partial charge in [-0.05, 0) is 12.0 Å². The van der Waals surface area contributed by atoms with Gasteiger partial charge in [0.1, 0.15) is 17.0 Å². The molecule has 0 unspecified atom stereocenters. The number of methoxy groups -OCH3 is 1. The molecular weight excluding hydrogens is 342 g/mol. The number of benzene rings is 1. The van der Waals surface area contributed by atoms with Gasteiger partial charge in [0, 0.05) is 31.7 Å². The first-order valence-corrected chi connectivity index (χ1v) is 9.36. The van der Waals surface area contributed by atoms with Crippen LogP contribution in [0.25, 0.3) is 11.0 Å². The average molecular weight is 367 g/mol. The molecule has 142 valence electrons. The molecule has 1 aromatic carbocycles. The Morgan fingerprint density at radius 3 is 2.81 bits per heavy atom. The molecule has 0 radical (unpaired) electrons. The Bertz CT molecular complexity index is 1020. The number of nitrogens with zero attached hydrogens (tertiary/aromatic N) is 5. The van der Waals surface area contributed by atoms with Gasteiger partial charge in [0.25, 0.3) is 5.56 Å². The van der Waals surface area contributed by atoms with Crippen molar-refractivity contribution in [1.82, 2.24) is 24.2 Å². The topological polar surface area (TPSA) is 65.2 Å². The van der Waals surface area contributed by atoms with E-state index in [1.54, 1.807) is 17.9 Å². The fourth-order valence-electron chi connectivity index (χ4n) is 3.65. The number of hydrogen-bond donors (Lipinski definition) is 0. The zero-order valence-electron chi connectivity index (χ0n) is 16.1. The van der Waals surface area contributed by atoms with Crippen LogP contribution in [0.5, 0.6) is 5.75 Å². The van der Waals surface area contributed by atoms with Crippen molar-refractivity contribution in [3.8, 4) is 5.75 Å². The molecule has 7 nitrogen and oxygen atoms in total. The van der Waals surface area contributed by atoms with E-state index < -0.39 is 0 Å². The summed E-state index contributed by atoms with van der Waals surface area (Å²) in [4.78, 5) is 20.0. The van der Waals surface area contributed by atoms with Gasteiger partial charge in [-0.15, -0.1) is 0 Å². The molecule has 0 spiro atoms. The van der Waals surface area contributed by atoms with Crippen molar-refractivity contribution in [3.63, 3.8) is 0 Å². The predicted molar refractivity (Wildman–Crippen MR) is 104 cm³/mol. The van der Waals surface area contributed by atoms with Crippen LogP contribution < -0.4 is 10.3 Å². The molecule has 0 amide bonds. The van der Waals surface area contributed by atoms with Gasteiger partial charge in [0.15, 0.2) is 5.65 Å². The summed E-state index contributed by atoms with van der Waals surface area (Å²) >= 11 is 0. The van der Waals surface area contributed by atoms with E-state index >= 15 is 0 Å². The van der Waals surface area contributed by atoms with Crippen molar-refractivity contribution >= 4 is 11.0 Å². The van der Waals surface area contributed by atoms with Crippen molar-refractivity contribution in [3.05, 3.63) is 52.2 Å². The molecule has 1 aliphatic rings. The first-order chi connectivity index (χ1) is 13.1. The minimum atomic E-state index is 0.0157. The molecule has 0 fully saturated rings. The summed E-state index contributed by atoms with van der Waals surface area (Å²) in [6.45, 7) is 7.87. The lowest BCUT2D eigenvalue weighted by Gasteiger charge is -2.29. The van der Waals surface area contributed by atoms with Crippen LogP contribution in [0.2, 0.25) is 0 Å². The van der Waals surface area contributed by atoms with E-state index in [4.69, 9.17) is 9.72 Å². The van der Waals surface area contributed by atoms with Crippen LogP contribution in [0.15, 0.2) is 35.3 Å². The fourth-order valence-corrected chi connectivity index (χ4v) is 3.65. The van der Waals surface area contributed by atoms with Gasteiger partial charge < -0.3 is 4.74 Å². The largest absolute Gasteiger partial charge is 0.496 e. The Hall–Kier alpha value is -2.67. The summed E-state index contributed by atoms with van der Waals surface area (Å²) in [6, 6.07) is 8.05. The van der Waals surface area contributed by atoms with E-state index in [2.05, 4.69) is 29.9 Å². The maximum atomic E-state index is 12.9. The molecule has 0 saturated carbocycles. The number of hydrogen-bond acceptors (Lipinski definition) is 5. The minimum Gasteiger partial charge on any atom is -0.496 e. The van der Waals surface area contributed by atoms with Gasteiger partial charge in [0.2, 0.25) is 0 Å². The summed E-state index contributed by atoms with van der Waals surface area (Å²) in [5.41, 5.74) is 1.85. The fraction of sp³-hybridized carbons (Fsp3) is 0.450. The van der Waals surface area contributed by atoms with Crippen LogP contribution in [0.3, 0.4) is 0 Å². The zero-order chi connectivity index (χ0) is 19.0. The van der Waals surface area contributed by atoms with Crippen LogP contribution in [-0.2, 0) is 26.2 Å². The molecule has 0 saturated heterocycles. The third-order valence-electron chi connectivity index (χ3n) is 4.96. The molecule has 3 heterocycles. The van der Waals surface area contributed by atoms with Crippen molar-refractivity contribution in [2.45, 2.75) is 40.0 Å². The maximum absolute atomic E-state index is 12.9. The molecule has 7 heteroatoms. The van der Waals surface area contributed by atoms with E-state index in [9.17, 15) is 4.79 Å². The SMILES string of the molecule is COc1ccccc1CN1CCn2c(nc3c(cnn3CC(C)C)c2=O)C1. The summed E-state index contributed by atoms with van der Waals surface area (Å²) < 4.78 is 9.11. The third-order valence-corrected chi connectivity index (χ3v) is 4.96. The molecule has 0 aliphatic carbocycles. The van der Waals surface area contributed by atoms with Crippen LogP contribution in [-0.4, -0.2) is 37.9 Å². The number of ether oxygens (including phenoxy) is 1. The van der Waals surface area contributed by atoms with Crippen molar-refractivity contribution in [2.75, 3.05) is 13.7 Å². The van der Waals surface area contributed by atoms with Gasteiger partial charge in [-0.2, -0.15) is 5.10 Å². The first-order valence-electron chi connectivity index (χ1n) is 9.36. The Labute approximate surface area is 158 Å². The highest BCUT2D eigenvalue weighted by atomic mass is 16.5. The van der Waals surface area contributed by atoms with E-state index in [1.165, 1.54) is 0 Å². The molecule has 0 atom stereocenters. The van der Waals surface area contributed by atoms with Crippen molar-refractivity contribution in [1.29, 1.82) is 0 Å². The Morgan fingerprint density at radius 2 is 2.04 bits per heavy atom. The van der Waals surface area contributed by atoms with E-state index in [0.29, 0.717) is 30.0 Å². The van der Waals surface area contributed by atoms with Gasteiger partial charge in [0.05, 0.1) is 19.9 Å². The lowest BCUT2D eigenvalue weighted by atomic mass is 10.1. The standard InChI is InChI=1S/C20H25N5O2/c1-14(2)11-25-19-16(10-21-25)20(26)24-9-8-23(13-18(24)22-19)12-15-6-4-5-7-17(15)27-3/h4-7,10,14H,8-9,11-13H2,1-3H3. The molecule has 0 bridgehead atoms. The number of aromatic nitrogens is 4. The predicted octanol–water partition coefficient (Wildman–Crippen LogP) is 2.27. The minimum absolute atomic E-state index is 0.0157. The number of para-hydroxylation sites is 1. The molecule has 1 aliphatic heterocycles. The summed E-state index contributed by atoms with van der Waals surface area (Å²) in [5, 5.41) is 5.00. The molecule has 3 aromatic rings. The van der Waals surface area contributed by atoms with Crippen LogP contribution in [0.4, 0.5) is 0 Å². The van der Waals surface area contributed by atoms with Crippen molar-refractivity contribution < 1.29 is 4.74 Å². The molecule has 0 N–H and O–H groups in total. The average Bonchev–Trinajstić information content (AvgIpc) is 3.04. The Kier molecular flexibility index (Phi) is 4.70. The van der Waals surface area contributed by atoms with E-state index in [-0.39, 0.29) is 5.56 Å². The lowest BCUT2D eigenvalue weighted by molar-refractivity contribution is 0.202. The monoisotopic (exact) mass is 367 g/mol. The second-order valence-corrected chi connectivity index (χ2v) is 7.47. The van der Waals surface area contributed by atoms with E-state index in [0.717, 1.165) is 36.8 Å². The summed E-state index contributed by atoms with van der Waals surface area (Å²) in [5.74, 6) is 2.13. The summed E-state index contributed by atoms with van der Waals surface area (Å²) in [6.07, 6.45) is 1.65. The van der Waals surface area contributed by atoms with Crippen molar-refractivity contribution in [2.24, 2.45) is 5.92 Å². The van der Waals surface area contributed by atoms with Crippen LogP contribution >= 0.6 is 0 Å². The normalized spacial score (nSPS) is 14.7. The highest BCUT2D eigenvalue weighted by molar-refractivity contribution is 5.73. The van der Waals surface area contributed by atoms with Crippen LogP contribution in [0, 0.1) is 5.92 Å². The zero-order valence-corrected chi connectivity index (χ0v) is 16.1. The van der Waals surface area contributed by atoms with Gasteiger partial charge in [-0.3, -0.25) is 14.3 Å². The number of fused-ring (bicyclic) bond motifs is 2. The van der Waals surface area contributed by atoms with Gasteiger partial charge in [-0.25, -0.2) is 9.67 Å². The quantitative estimate of drug-likeness (QED) is 0.692.